The molecule has 0 amide bonds. The molecule has 0 radical (unpaired) electrons. The average molecular weight is 311 g/mol. The summed E-state index contributed by atoms with van der Waals surface area (Å²) in [6.07, 6.45) is 3.74. The van der Waals surface area contributed by atoms with Crippen LogP contribution in [-0.2, 0) is 11.3 Å². The van der Waals surface area contributed by atoms with Gasteiger partial charge < -0.3 is 15.0 Å². The first kappa shape index (κ1) is 16.6. The summed E-state index contributed by atoms with van der Waals surface area (Å²) in [7, 11) is 0. The molecule has 118 valence electrons. The third-order valence-electron chi connectivity index (χ3n) is 3.89. The Morgan fingerprint density at radius 2 is 2.24 bits per heavy atom. The van der Waals surface area contributed by atoms with Gasteiger partial charge in [0.1, 0.15) is 0 Å². The third kappa shape index (κ3) is 4.60. The molecular weight excluding hydrogens is 284 g/mol. The van der Waals surface area contributed by atoms with Gasteiger partial charge in [0, 0.05) is 26.2 Å². The Morgan fingerprint density at radius 1 is 1.38 bits per heavy atom. The number of piperidine rings is 1. The summed E-state index contributed by atoms with van der Waals surface area (Å²) >= 11 is 6.48. The van der Waals surface area contributed by atoms with Crippen molar-refractivity contribution in [3.8, 4) is 0 Å². The molecule has 1 fully saturated rings. The molecule has 2 rings (SSSR count). The molecule has 0 aromatic heterocycles. The van der Waals surface area contributed by atoms with Crippen molar-refractivity contribution in [1.29, 1.82) is 0 Å². The molecule has 1 aliphatic rings. The van der Waals surface area contributed by atoms with E-state index in [-0.39, 0.29) is 0 Å². The molecule has 1 aromatic rings. The van der Waals surface area contributed by atoms with E-state index >= 15 is 0 Å². The Hall–Kier alpha value is -0.770. The summed E-state index contributed by atoms with van der Waals surface area (Å²) in [5, 5.41) is 4.25. The summed E-state index contributed by atoms with van der Waals surface area (Å²) in [5.41, 5.74) is 2.46. The zero-order valence-electron chi connectivity index (χ0n) is 13.2. The summed E-state index contributed by atoms with van der Waals surface area (Å²) in [5.74, 6) is 0. The van der Waals surface area contributed by atoms with Gasteiger partial charge in [-0.3, -0.25) is 0 Å². The van der Waals surface area contributed by atoms with E-state index in [0.717, 1.165) is 50.7 Å². The fraction of sp³-hybridized carbons (Fsp3) is 0.647. The van der Waals surface area contributed by atoms with Gasteiger partial charge in [0.05, 0.1) is 16.8 Å². The first-order valence-corrected chi connectivity index (χ1v) is 8.48. The van der Waals surface area contributed by atoms with Crippen LogP contribution in [0.15, 0.2) is 18.2 Å². The van der Waals surface area contributed by atoms with Crippen LogP contribution in [0, 0.1) is 0 Å². The maximum atomic E-state index is 6.48. The summed E-state index contributed by atoms with van der Waals surface area (Å²) < 4.78 is 5.94. The highest BCUT2D eigenvalue weighted by molar-refractivity contribution is 6.33. The number of ether oxygens (including phenoxy) is 1. The predicted octanol–water partition coefficient (Wildman–Crippen LogP) is 3.84. The lowest BCUT2D eigenvalue weighted by atomic mass is 10.0. The van der Waals surface area contributed by atoms with Crippen LogP contribution >= 0.6 is 11.6 Å². The van der Waals surface area contributed by atoms with E-state index in [1.54, 1.807) is 0 Å². The monoisotopic (exact) mass is 310 g/mol. The second kappa shape index (κ2) is 8.62. The lowest BCUT2D eigenvalue weighted by Crippen LogP contribution is -2.40. The molecule has 3 nitrogen and oxygen atoms in total. The number of nitrogens with zero attached hydrogens (tertiary/aromatic N) is 1. The van der Waals surface area contributed by atoms with Crippen LogP contribution < -0.4 is 10.2 Å². The topological polar surface area (TPSA) is 24.5 Å². The molecule has 1 N–H and O–H groups in total. The lowest BCUT2D eigenvalue weighted by Gasteiger charge is -2.36. The number of anilines is 1. The highest BCUT2D eigenvalue weighted by Crippen LogP contribution is 2.32. The van der Waals surface area contributed by atoms with Crippen LogP contribution in [0.1, 0.15) is 38.7 Å². The van der Waals surface area contributed by atoms with Crippen molar-refractivity contribution in [3.63, 3.8) is 0 Å². The molecule has 1 aromatic carbocycles. The minimum atomic E-state index is 0.335. The molecule has 1 aliphatic heterocycles. The van der Waals surface area contributed by atoms with Gasteiger partial charge in [-0.05, 0) is 37.4 Å². The first-order valence-electron chi connectivity index (χ1n) is 8.10. The van der Waals surface area contributed by atoms with E-state index in [0.29, 0.717) is 6.10 Å². The van der Waals surface area contributed by atoms with Crippen LogP contribution in [0.4, 0.5) is 5.69 Å². The molecule has 0 bridgehead atoms. The summed E-state index contributed by atoms with van der Waals surface area (Å²) in [6.45, 7) is 8.98. The quantitative estimate of drug-likeness (QED) is 0.828. The molecule has 1 heterocycles. The van der Waals surface area contributed by atoms with Gasteiger partial charge in [-0.25, -0.2) is 0 Å². The van der Waals surface area contributed by atoms with E-state index < -0.39 is 0 Å². The van der Waals surface area contributed by atoms with Crippen molar-refractivity contribution in [2.45, 2.75) is 45.8 Å². The van der Waals surface area contributed by atoms with Crippen molar-refractivity contribution < 1.29 is 4.74 Å². The SMILES string of the molecule is CCCOC1CCCN(c2c(Cl)cccc2CNCC)C1. The Kier molecular flexibility index (Phi) is 6.81. The van der Waals surface area contributed by atoms with Gasteiger partial charge in [0.25, 0.3) is 0 Å². The smallest absolute Gasteiger partial charge is 0.0750 e. The number of hydrogen-bond donors (Lipinski definition) is 1. The average Bonchev–Trinajstić information content (AvgIpc) is 2.51. The Balaban J connectivity index is 2.12. The summed E-state index contributed by atoms with van der Waals surface area (Å²) in [4.78, 5) is 2.40. The van der Waals surface area contributed by atoms with Gasteiger partial charge in [-0.1, -0.05) is 37.6 Å². The Bertz CT molecular complexity index is 439. The Labute approximate surface area is 133 Å². The number of para-hydroxylation sites is 1. The number of nitrogens with one attached hydrogen (secondary N) is 1. The number of rotatable bonds is 7. The van der Waals surface area contributed by atoms with Gasteiger partial charge >= 0.3 is 0 Å². The predicted molar refractivity (Wildman–Crippen MR) is 90.3 cm³/mol. The summed E-state index contributed by atoms with van der Waals surface area (Å²) in [6, 6.07) is 6.19. The largest absolute Gasteiger partial charge is 0.376 e. The van der Waals surface area contributed by atoms with Crippen molar-refractivity contribution in [2.24, 2.45) is 0 Å². The van der Waals surface area contributed by atoms with Crippen LogP contribution in [0.3, 0.4) is 0 Å². The highest BCUT2D eigenvalue weighted by atomic mass is 35.5. The number of halogens is 1. The second-order valence-corrected chi connectivity index (χ2v) is 6.02. The van der Waals surface area contributed by atoms with Crippen molar-refractivity contribution in [1.82, 2.24) is 5.32 Å². The van der Waals surface area contributed by atoms with E-state index in [1.807, 2.05) is 12.1 Å². The number of hydrogen-bond acceptors (Lipinski definition) is 3. The zero-order valence-corrected chi connectivity index (χ0v) is 14.0. The molecule has 1 unspecified atom stereocenters. The van der Waals surface area contributed by atoms with Gasteiger partial charge in [-0.15, -0.1) is 0 Å². The van der Waals surface area contributed by atoms with E-state index in [1.165, 1.54) is 17.7 Å². The minimum absolute atomic E-state index is 0.335. The molecule has 1 saturated heterocycles. The van der Waals surface area contributed by atoms with Crippen LogP contribution in [0.2, 0.25) is 5.02 Å². The fourth-order valence-electron chi connectivity index (χ4n) is 2.88. The van der Waals surface area contributed by atoms with Crippen LogP contribution in [0.5, 0.6) is 0 Å². The molecule has 0 spiro atoms. The van der Waals surface area contributed by atoms with Crippen LogP contribution in [-0.4, -0.2) is 32.3 Å². The standard InChI is InChI=1S/C17H27ClN2O/c1-3-11-21-15-8-6-10-20(13-15)17-14(12-19-4-2)7-5-9-16(17)18/h5,7,9,15,19H,3-4,6,8,10-13H2,1-2H3. The highest BCUT2D eigenvalue weighted by Gasteiger charge is 2.23. The van der Waals surface area contributed by atoms with Crippen molar-refractivity contribution >= 4 is 17.3 Å². The maximum Gasteiger partial charge on any atom is 0.0750 e. The van der Waals surface area contributed by atoms with E-state index in [4.69, 9.17) is 16.3 Å². The molecule has 0 aliphatic carbocycles. The molecule has 21 heavy (non-hydrogen) atoms. The van der Waals surface area contributed by atoms with Crippen molar-refractivity contribution in [2.75, 3.05) is 31.1 Å². The first-order chi connectivity index (χ1) is 10.3. The Morgan fingerprint density at radius 3 is 3.00 bits per heavy atom. The van der Waals surface area contributed by atoms with Gasteiger partial charge in [-0.2, -0.15) is 0 Å². The van der Waals surface area contributed by atoms with E-state index in [9.17, 15) is 0 Å². The maximum absolute atomic E-state index is 6.48. The van der Waals surface area contributed by atoms with Gasteiger partial charge in [0.15, 0.2) is 0 Å². The second-order valence-electron chi connectivity index (χ2n) is 5.61. The van der Waals surface area contributed by atoms with E-state index in [2.05, 4.69) is 30.1 Å². The number of benzene rings is 1. The minimum Gasteiger partial charge on any atom is -0.376 e. The van der Waals surface area contributed by atoms with Gasteiger partial charge in [0.2, 0.25) is 0 Å². The van der Waals surface area contributed by atoms with Crippen molar-refractivity contribution in [3.05, 3.63) is 28.8 Å². The molecule has 4 heteroatoms. The normalized spacial score (nSPS) is 19.0. The fourth-order valence-corrected chi connectivity index (χ4v) is 3.19. The molecule has 1 atom stereocenters. The zero-order chi connectivity index (χ0) is 15.1. The molecule has 0 saturated carbocycles. The lowest BCUT2D eigenvalue weighted by molar-refractivity contribution is 0.0440. The molecular formula is C17H27ClN2O. The van der Waals surface area contributed by atoms with Crippen LogP contribution in [0.25, 0.3) is 0 Å². The third-order valence-corrected chi connectivity index (χ3v) is 4.19.